The lowest BCUT2D eigenvalue weighted by atomic mass is 9.99. The van der Waals surface area contributed by atoms with Crippen LogP contribution in [0.2, 0.25) is 0 Å². The summed E-state index contributed by atoms with van der Waals surface area (Å²) < 4.78 is 5.39. The number of hydrogen-bond donors (Lipinski definition) is 2. The van der Waals surface area contributed by atoms with Crippen molar-refractivity contribution in [1.82, 2.24) is 9.88 Å². The molecule has 2 N–H and O–H groups in total. The molecule has 1 fully saturated rings. The largest absolute Gasteiger partial charge is 0.503 e. The number of ether oxygens (including phenoxy) is 1. The number of nitrogens with one attached hydrogen (secondary N) is 1. The Morgan fingerprint density at radius 3 is 2.79 bits per heavy atom. The van der Waals surface area contributed by atoms with Gasteiger partial charge in [-0.25, -0.2) is 0 Å². The first-order valence-corrected chi connectivity index (χ1v) is 10.2. The van der Waals surface area contributed by atoms with Crippen LogP contribution in [0, 0.1) is 0 Å². The molecule has 2 aliphatic heterocycles. The van der Waals surface area contributed by atoms with E-state index in [-0.39, 0.29) is 11.4 Å². The van der Waals surface area contributed by atoms with Gasteiger partial charge in [-0.1, -0.05) is 12.1 Å². The van der Waals surface area contributed by atoms with Crippen molar-refractivity contribution in [2.45, 2.75) is 6.04 Å². The summed E-state index contributed by atoms with van der Waals surface area (Å²) in [6, 6.07) is 8.19. The third kappa shape index (κ3) is 3.58. The van der Waals surface area contributed by atoms with Gasteiger partial charge in [-0.3, -0.25) is 14.6 Å². The van der Waals surface area contributed by atoms with Gasteiger partial charge in [0.1, 0.15) is 19.1 Å². The van der Waals surface area contributed by atoms with Crippen LogP contribution >= 0.6 is 11.3 Å². The predicted octanol–water partition coefficient (Wildman–Crippen LogP) is 0.637. The van der Waals surface area contributed by atoms with E-state index in [1.54, 1.807) is 40.7 Å². The van der Waals surface area contributed by atoms with Crippen LogP contribution in [0.5, 0.6) is 0 Å². The number of hydrogen-bond acceptors (Lipinski definition) is 6. The summed E-state index contributed by atoms with van der Waals surface area (Å²) in [6.07, 6.45) is 1.63. The molecule has 7 nitrogen and oxygen atoms in total. The van der Waals surface area contributed by atoms with Gasteiger partial charge in [0.25, 0.3) is 5.91 Å². The van der Waals surface area contributed by atoms with Crippen molar-refractivity contribution < 1.29 is 24.3 Å². The monoisotopic (exact) mass is 400 g/mol. The summed E-state index contributed by atoms with van der Waals surface area (Å²) in [5.74, 6) is -1.30. The average Bonchev–Trinajstić information content (AvgIpc) is 3.36. The van der Waals surface area contributed by atoms with Crippen molar-refractivity contribution in [2.24, 2.45) is 0 Å². The first kappa shape index (κ1) is 18.8. The summed E-state index contributed by atoms with van der Waals surface area (Å²) in [5, 5.41) is 12.4. The molecule has 1 atom stereocenters. The van der Waals surface area contributed by atoms with Crippen LogP contribution in [0.4, 0.5) is 0 Å². The molecule has 0 saturated carbocycles. The molecule has 0 aliphatic carbocycles. The van der Waals surface area contributed by atoms with Gasteiger partial charge in [-0.15, -0.1) is 11.3 Å². The third-order valence-electron chi connectivity index (χ3n) is 5.17. The van der Waals surface area contributed by atoms with Gasteiger partial charge >= 0.3 is 0 Å². The molecule has 0 radical (unpaired) electrons. The number of thiophene rings is 1. The van der Waals surface area contributed by atoms with E-state index in [4.69, 9.17) is 4.74 Å². The van der Waals surface area contributed by atoms with Crippen LogP contribution in [0.15, 0.2) is 53.2 Å². The molecule has 0 unspecified atom stereocenters. The Balaban J connectivity index is 1.64. The van der Waals surface area contributed by atoms with Crippen molar-refractivity contribution in [2.75, 3.05) is 39.4 Å². The Labute approximate surface area is 166 Å². The molecule has 0 bridgehead atoms. The van der Waals surface area contributed by atoms with E-state index in [1.807, 2.05) is 6.07 Å². The summed E-state index contributed by atoms with van der Waals surface area (Å²) in [6.45, 7) is 4.34. The minimum absolute atomic E-state index is 0.114. The van der Waals surface area contributed by atoms with Gasteiger partial charge in [-0.05, 0) is 23.6 Å². The summed E-state index contributed by atoms with van der Waals surface area (Å²) in [7, 11) is 0. The number of morpholine rings is 1. The van der Waals surface area contributed by atoms with E-state index < -0.39 is 17.7 Å². The topological polar surface area (TPSA) is 84.2 Å². The minimum atomic E-state index is -0.677. The maximum absolute atomic E-state index is 13.1. The quantitative estimate of drug-likeness (QED) is 0.695. The molecular formula is C20H22N3O4S+. The van der Waals surface area contributed by atoms with E-state index in [1.165, 1.54) is 16.2 Å². The van der Waals surface area contributed by atoms with Crippen LogP contribution in [0.1, 0.15) is 21.4 Å². The molecular weight excluding hydrogens is 378 g/mol. The SMILES string of the molecule is O=C(C1=C(O)C(=O)N(CC[NH+]2CCOCC2)[C@@H]1c1ccccn1)c1cccs1. The average molecular weight is 400 g/mol. The zero-order valence-corrected chi connectivity index (χ0v) is 16.2. The lowest BCUT2D eigenvalue weighted by molar-refractivity contribution is -0.907. The maximum atomic E-state index is 13.1. The predicted molar refractivity (Wildman–Crippen MR) is 103 cm³/mol. The van der Waals surface area contributed by atoms with Crippen LogP contribution < -0.4 is 4.90 Å². The number of nitrogens with zero attached hydrogens (tertiary/aromatic N) is 2. The number of aliphatic hydroxyl groups excluding tert-OH is 1. The number of aliphatic hydroxyl groups is 1. The van der Waals surface area contributed by atoms with Gasteiger partial charge in [-0.2, -0.15) is 0 Å². The number of quaternary nitrogens is 1. The number of carbonyl (C=O) groups excluding carboxylic acids is 2. The number of rotatable bonds is 6. The second kappa shape index (κ2) is 8.22. The normalized spacial score (nSPS) is 20.8. The number of amides is 1. The number of Topliss-reactive ketones (excluding diaryl/α,β-unsaturated/α-hetero) is 1. The summed E-state index contributed by atoms with van der Waals surface area (Å²) >= 11 is 1.29. The molecule has 0 spiro atoms. The van der Waals surface area contributed by atoms with E-state index >= 15 is 0 Å². The highest BCUT2D eigenvalue weighted by molar-refractivity contribution is 7.12. The molecule has 0 aromatic carbocycles. The second-order valence-electron chi connectivity index (χ2n) is 6.84. The minimum Gasteiger partial charge on any atom is -0.503 e. The van der Waals surface area contributed by atoms with E-state index in [2.05, 4.69) is 4.98 Å². The van der Waals surface area contributed by atoms with Crippen LogP contribution in [0.25, 0.3) is 0 Å². The molecule has 8 heteroatoms. The summed E-state index contributed by atoms with van der Waals surface area (Å²) in [5.41, 5.74) is 0.694. The Morgan fingerprint density at radius 1 is 1.29 bits per heavy atom. The van der Waals surface area contributed by atoms with Crippen molar-refractivity contribution in [3.63, 3.8) is 0 Å². The fraction of sp³-hybridized carbons (Fsp3) is 0.350. The van der Waals surface area contributed by atoms with Crippen molar-refractivity contribution in [3.8, 4) is 0 Å². The highest BCUT2D eigenvalue weighted by Gasteiger charge is 2.44. The molecule has 1 amide bonds. The molecule has 146 valence electrons. The van der Waals surface area contributed by atoms with Gasteiger partial charge in [0.2, 0.25) is 5.78 Å². The Bertz CT molecular complexity index is 876. The number of carbonyl (C=O) groups is 2. The Kier molecular flexibility index (Phi) is 5.52. The first-order valence-electron chi connectivity index (χ1n) is 9.31. The fourth-order valence-corrected chi connectivity index (χ4v) is 4.37. The fourth-order valence-electron chi connectivity index (χ4n) is 3.69. The molecule has 2 aromatic heterocycles. The third-order valence-corrected chi connectivity index (χ3v) is 6.04. The highest BCUT2D eigenvalue weighted by atomic mass is 32.1. The van der Waals surface area contributed by atoms with E-state index in [0.29, 0.717) is 30.3 Å². The van der Waals surface area contributed by atoms with Crippen LogP contribution in [-0.2, 0) is 9.53 Å². The van der Waals surface area contributed by atoms with Crippen molar-refractivity contribution in [3.05, 3.63) is 63.8 Å². The van der Waals surface area contributed by atoms with Crippen molar-refractivity contribution in [1.29, 1.82) is 0 Å². The lowest BCUT2D eigenvalue weighted by Crippen LogP contribution is -3.14. The zero-order valence-electron chi connectivity index (χ0n) is 15.3. The standard InChI is InChI=1S/C20H21N3O4S/c24-18(15-5-3-13-28-15)16-17(14-4-1-2-6-21-14)23(20(26)19(16)25)8-7-22-9-11-27-12-10-22/h1-6,13,17,25H,7-12H2/p+1/t17-/m1/s1. The van der Waals surface area contributed by atoms with Gasteiger partial charge in [0.05, 0.1) is 42.4 Å². The maximum Gasteiger partial charge on any atom is 0.290 e. The molecule has 28 heavy (non-hydrogen) atoms. The molecule has 4 heterocycles. The van der Waals surface area contributed by atoms with Gasteiger partial charge in [0.15, 0.2) is 5.76 Å². The number of aromatic nitrogens is 1. The number of pyridine rings is 1. The lowest BCUT2D eigenvalue weighted by Gasteiger charge is -2.29. The van der Waals surface area contributed by atoms with E-state index in [9.17, 15) is 14.7 Å². The Hall–Kier alpha value is -2.55. The molecule has 2 aromatic rings. The second-order valence-corrected chi connectivity index (χ2v) is 7.78. The smallest absolute Gasteiger partial charge is 0.290 e. The molecule has 1 saturated heterocycles. The zero-order chi connectivity index (χ0) is 19.5. The Morgan fingerprint density at radius 2 is 2.11 bits per heavy atom. The number of ketones is 1. The van der Waals surface area contributed by atoms with E-state index in [0.717, 1.165) is 19.6 Å². The summed E-state index contributed by atoms with van der Waals surface area (Å²) in [4.78, 5) is 33.7. The van der Waals surface area contributed by atoms with Crippen LogP contribution in [-0.4, -0.2) is 66.1 Å². The molecule has 2 aliphatic rings. The van der Waals surface area contributed by atoms with Crippen molar-refractivity contribution >= 4 is 23.0 Å². The first-order chi connectivity index (χ1) is 13.7. The van der Waals surface area contributed by atoms with Gasteiger partial charge < -0.3 is 19.6 Å². The van der Waals surface area contributed by atoms with Crippen LogP contribution in [0.3, 0.4) is 0 Å². The van der Waals surface area contributed by atoms with Gasteiger partial charge in [0, 0.05) is 6.20 Å². The molecule has 4 rings (SSSR count). The highest BCUT2D eigenvalue weighted by Crippen LogP contribution is 2.38.